The first-order chi connectivity index (χ1) is 18.3. The molecule has 4 aromatic carbocycles. The van der Waals surface area contributed by atoms with Gasteiger partial charge in [0.05, 0.1) is 0 Å². The molecule has 37 heavy (non-hydrogen) atoms. The molecule has 0 N–H and O–H groups in total. The summed E-state index contributed by atoms with van der Waals surface area (Å²) in [5.74, 6) is 0. The van der Waals surface area contributed by atoms with Crippen LogP contribution >= 0.6 is 15.9 Å². The Morgan fingerprint density at radius 1 is 0.378 bits per heavy atom. The van der Waals surface area contributed by atoms with E-state index in [2.05, 4.69) is 168 Å². The van der Waals surface area contributed by atoms with Gasteiger partial charge in [-0.15, -0.1) is 0 Å². The molecule has 2 aliphatic rings. The molecule has 0 heterocycles. The lowest BCUT2D eigenvalue weighted by atomic mass is 9.94. The van der Waals surface area contributed by atoms with Gasteiger partial charge in [0, 0.05) is 4.47 Å². The van der Waals surface area contributed by atoms with Crippen LogP contribution < -0.4 is 10.4 Å². The zero-order valence-electron chi connectivity index (χ0n) is 20.3. The number of benzene rings is 4. The van der Waals surface area contributed by atoms with Crippen LogP contribution in [-0.2, 0) is 0 Å². The Balaban J connectivity index is 1.68. The fourth-order valence-electron chi connectivity index (χ4n) is 5.09. The minimum atomic E-state index is 1.10. The van der Waals surface area contributed by atoms with Crippen molar-refractivity contribution in [2.24, 2.45) is 0 Å². The largest absolute Gasteiger partial charge is 0.0622 e. The average molecular weight is 538 g/mol. The van der Waals surface area contributed by atoms with E-state index in [0.717, 1.165) is 4.47 Å². The standard InChI is InChI=1S/C36H25Br/c37-34-25-33(36(28-18-9-3-10-19-28)29-20-11-4-12-21-29)31-23-13-22-30(24-32(31)34)35(26-14-5-1-6-15-26)27-16-7-2-8-17-27/h1-25H. The van der Waals surface area contributed by atoms with Gasteiger partial charge < -0.3 is 0 Å². The maximum atomic E-state index is 3.93. The maximum absolute atomic E-state index is 3.93. The molecule has 2 aliphatic carbocycles. The van der Waals surface area contributed by atoms with Crippen LogP contribution in [0.25, 0.3) is 22.3 Å². The zero-order chi connectivity index (χ0) is 25.0. The van der Waals surface area contributed by atoms with Crippen molar-refractivity contribution in [3.05, 3.63) is 189 Å². The van der Waals surface area contributed by atoms with E-state index in [0.29, 0.717) is 0 Å². The lowest BCUT2D eigenvalue weighted by Gasteiger charge is -2.09. The van der Waals surface area contributed by atoms with Crippen LogP contribution in [0.2, 0.25) is 0 Å². The van der Waals surface area contributed by atoms with Crippen LogP contribution in [0.4, 0.5) is 0 Å². The predicted octanol–water partition coefficient (Wildman–Crippen LogP) is 8.05. The van der Waals surface area contributed by atoms with E-state index in [-0.39, 0.29) is 0 Å². The SMILES string of the molecule is Brc1cc(=C(c2ccccc2)c2ccccc2)c2cccc(=C(c3ccccc3)c3ccccc3)cc1-2. The van der Waals surface area contributed by atoms with Crippen molar-refractivity contribution in [1.29, 1.82) is 0 Å². The average Bonchev–Trinajstić information content (AvgIpc) is 3.11. The molecule has 0 bridgehead atoms. The summed E-state index contributed by atoms with van der Waals surface area (Å²) < 4.78 is 1.10. The van der Waals surface area contributed by atoms with Crippen LogP contribution in [0.1, 0.15) is 22.3 Å². The van der Waals surface area contributed by atoms with Crippen molar-refractivity contribution in [1.82, 2.24) is 0 Å². The zero-order valence-corrected chi connectivity index (χ0v) is 21.9. The molecule has 0 aromatic heterocycles. The maximum Gasteiger partial charge on any atom is 0.0260 e. The highest BCUT2D eigenvalue weighted by Gasteiger charge is 2.16. The van der Waals surface area contributed by atoms with E-state index in [1.165, 1.54) is 55.0 Å². The third kappa shape index (κ3) is 4.67. The Morgan fingerprint density at radius 2 is 0.811 bits per heavy atom. The lowest BCUT2D eigenvalue weighted by molar-refractivity contribution is 1.50. The molecule has 6 rings (SSSR count). The molecule has 0 atom stereocenters. The van der Waals surface area contributed by atoms with E-state index in [4.69, 9.17) is 0 Å². The normalized spacial score (nSPS) is 10.8. The van der Waals surface area contributed by atoms with Crippen LogP contribution in [0.3, 0.4) is 0 Å². The summed E-state index contributed by atoms with van der Waals surface area (Å²) in [7, 11) is 0. The summed E-state index contributed by atoms with van der Waals surface area (Å²) in [6, 6.07) is 53.9. The highest BCUT2D eigenvalue weighted by atomic mass is 79.9. The fourth-order valence-corrected chi connectivity index (χ4v) is 5.65. The van der Waals surface area contributed by atoms with E-state index < -0.39 is 0 Å². The van der Waals surface area contributed by atoms with E-state index in [1.807, 2.05) is 0 Å². The van der Waals surface area contributed by atoms with E-state index in [9.17, 15) is 0 Å². The van der Waals surface area contributed by atoms with Crippen molar-refractivity contribution < 1.29 is 0 Å². The van der Waals surface area contributed by atoms with Crippen LogP contribution in [0.5, 0.6) is 0 Å². The first-order valence-corrected chi connectivity index (χ1v) is 13.3. The van der Waals surface area contributed by atoms with Crippen LogP contribution in [0.15, 0.2) is 156 Å². The molecule has 0 saturated heterocycles. The molecule has 0 fully saturated rings. The van der Waals surface area contributed by atoms with Crippen molar-refractivity contribution >= 4 is 27.1 Å². The number of fused-ring (bicyclic) bond motifs is 1. The Labute approximate surface area is 226 Å². The van der Waals surface area contributed by atoms with Crippen LogP contribution in [-0.4, -0.2) is 0 Å². The first kappa shape index (κ1) is 23.2. The monoisotopic (exact) mass is 536 g/mol. The van der Waals surface area contributed by atoms with Gasteiger partial charge in [-0.3, -0.25) is 0 Å². The van der Waals surface area contributed by atoms with E-state index in [1.54, 1.807) is 0 Å². The Bertz CT molecular complexity index is 1650. The molecule has 0 radical (unpaired) electrons. The molecular weight excluding hydrogens is 512 g/mol. The van der Waals surface area contributed by atoms with E-state index >= 15 is 0 Å². The number of hydrogen-bond acceptors (Lipinski definition) is 0. The summed E-state index contributed by atoms with van der Waals surface area (Å²) >= 11 is 3.93. The summed E-state index contributed by atoms with van der Waals surface area (Å²) in [4.78, 5) is 0. The van der Waals surface area contributed by atoms with Crippen molar-refractivity contribution in [2.75, 3.05) is 0 Å². The third-order valence-electron chi connectivity index (χ3n) is 6.76. The van der Waals surface area contributed by atoms with Crippen molar-refractivity contribution in [3.63, 3.8) is 0 Å². The second-order valence-corrected chi connectivity index (χ2v) is 9.93. The van der Waals surface area contributed by atoms with Gasteiger partial charge in [0.2, 0.25) is 0 Å². The molecular formula is C36H25Br. The highest BCUT2D eigenvalue weighted by molar-refractivity contribution is 9.10. The van der Waals surface area contributed by atoms with Gasteiger partial charge >= 0.3 is 0 Å². The molecule has 0 spiro atoms. The van der Waals surface area contributed by atoms with Gasteiger partial charge in [-0.2, -0.15) is 0 Å². The van der Waals surface area contributed by atoms with Gasteiger partial charge in [-0.25, -0.2) is 0 Å². The van der Waals surface area contributed by atoms with Gasteiger partial charge in [-0.05, 0) is 67.1 Å². The molecule has 0 amide bonds. The highest BCUT2D eigenvalue weighted by Crippen LogP contribution is 2.31. The quantitative estimate of drug-likeness (QED) is 0.214. The Kier molecular flexibility index (Phi) is 6.54. The molecule has 0 saturated carbocycles. The van der Waals surface area contributed by atoms with Gasteiger partial charge in [0.1, 0.15) is 0 Å². The lowest BCUT2D eigenvalue weighted by Crippen LogP contribution is -2.08. The minimum Gasteiger partial charge on any atom is -0.0622 e. The second kappa shape index (κ2) is 10.4. The Hall–Kier alpha value is -4.20. The van der Waals surface area contributed by atoms with Crippen molar-refractivity contribution in [2.45, 2.75) is 0 Å². The fraction of sp³-hybridized carbons (Fsp3) is 0. The summed E-state index contributed by atoms with van der Waals surface area (Å²) in [5.41, 5.74) is 9.71. The third-order valence-corrected chi connectivity index (χ3v) is 7.41. The topological polar surface area (TPSA) is 0 Å². The summed E-state index contributed by atoms with van der Waals surface area (Å²) in [6.45, 7) is 0. The predicted molar refractivity (Wildman–Crippen MR) is 159 cm³/mol. The second-order valence-electron chi connectivity index (χ2n) is 9.07. The minimum absolute atomic E-state index is 1.10. The Morgan fingerprint density at radius 3 is 1.27 bits per heavy atom. The molecule has 0 nitrogen and oxygen atoms in total. The summed E-state index contributed by atoms with van der Waals surface area (Å²) in [6.07, 6.45) is 0. The summed E-state index contributed by atoms with van der Waals surface area (Å²) in [5, 5.41) is 2.41. The molecule has 0 unspecified atom stereocenters. The van der Waals surface area contributed by atoms with Gasteiger partial charge in [-0.1, -0.05) is 155 Å². The number of hydrogen-bond donors (Lipinski definition) is 0. The van der Waals surface area contributed by atoms with Crippen molar-refractivity contribution in [3.8, 4) is 11.1 Å². The molecule has 4 aromatic rings. The van der Waals surface area contributed by atoms with Gasteiger partial charge in [0.15, 0.2) is 0 Å². The smallest absolute Gasteiger partial charge is 0.0260 e. The first-order valence-electron chi connectivity index (χ1n) is 12.5. The molecule has 1 heteroatoms. The van der Waals surface area contributed by atoms with Crippen LogP contribution in [0, 0.1) is 0 Å². The molecule has 0 aliphatic heterocycles. The van der Waals surface area contributed by atoms with Gasteiger partial charge in [0.25, 0.3) is 0 Å². The molecule has 176 valence electrons. The number of halogens is 1. The number of rotatable bonds is 4.